The van der Waals surface area contributed by atoms with Gasteiger partial charge in [-0.15, -0.1) is 0 Å². The van der Waals surface area contributed by atoms with E-state index in [2.05, 4.69) is 15.3 Å². The van der Waals surface area contributed by atoms with E-state index in [1.807, 2.05) is 0 Å². The molecule has 0 saturated carbocycles. The highest BCUT2D eigenvalue weighted by Gasteiger charge is 2.16. The van der Waals surface area contributed by atoms with E-state index in [1.165, 1.54) is 4.57 Å². The summed E-state index contributed by atoms with van der Waals surface area (Å²) < 4.78 is 1.47. The highest BCUT2D eigenvalue weighted by molar-refractivity contribution is 6.35. The Morgan fingerprint density at radius 2 is 1.80 bits per heavy atom. The number of amides is 1. The molecule has 10 nitrogen and oxygen atoms in total. The Hall–Kier alpha value is -3.89. The lowest BCUT2D eigenvalue weighted by molar-refractivity contribution is 0.1000. The van der Waals surface area contributed by atoms with Crippen LogP contribution >= 0.6 is 23.2 Å². The maximum atomic E-state index is 13.5. The first-order valence-corrected chi connectivity index (χ1v) is 11.4. The summed E-state index contributed by atoms with van der Waals surface area (Å²) >= 11 is 12.4. The number of nitrogens with two attached hydrogens (primary N) is 3. The van der Waals surface area contributed by atoms with Crippen molar-refractivity contribution in [1.29, 1.82) is 0 Å². The molecule has 0 fully saturated rings. The van der Waals surface area contributed by atoms with Gasteiger partial charge < -0.3 is 22.5 Å². The number of nitrogens with zero attached hydrogens (tertiary/aromatic N) is 4. The van der Waals surface area contributed by atoms with Gasteiger partial charge in [-0.05, 0) is 43.2 Å². The van der Waals surface area contributed by atoms with Crippen LogP contribution in [0.25, 0.3) is 16.6 Å². The van der Waals surface area contributed by atoms with Crippen molar-refractivity contribution in [3.8, 4) is 5.69 Å². The first-order chi connectivity index (χ1) is 16.8. The summed E-state index contributed by atoms with van der Waals surface area (Å²) in [6.45, 7) is 0.524. The zero-order valence-corrected chi connectivity index (χ0v) is 20.0. The molecule has 0 aliphatic carbocycles. The Labute approximate surface area is 210 Å². The monoisotopic (exact) mass is 512 g/mol. The molecule has 2 aromatic carbocycles. The second kappa shape index (κ2) is 10.2. The molecular weight excluding hydrogens is 491 g/mol. The van der Waals surface area contributed by atoms with Crippen LogP contribution in [0.3, 0.4) is 0 Å². The van der Waals surface area contributed by atoms with Crippen LogP contribution in [0.5, 0.6) is 0 Å². The van der Waals surface area contributed by atoms with Gasteiger partial charge in [0, 0.05) is 18.5 Å². The van der Waals surface area contributed by atoms with Crippen LogP contribution in [0.15, 0.2) is 47.3 Å². The van der Waals surface area contributed by atoms with Crippen molar-refractivity contribution in [2.45, 2.75) is 19.3 Å². The number of halogens is 2. The minimum atomic E-state index is -0.594. The molecule has 0 unspecified atom stereocenters. The Kier molecular flexibility index (Phi) is 7.04. The van der Waals surface area contributed by atoms with Crippen LogP contribution in [0.2, 0.25) is 10.0 Å². The van der Waals surface area contributed by atoms with Gasteiger partial charge in [-0.3, -0.25) is 14.2 Å². The summed E-state index contributed by atoms with van der Waals surface area (Å²) in [6.07, 6.45) is 1.85. The molecule has 0 bridgehead atoms. The van der Waals surface area contributed by atoms with Gasteiger partial charge in [0.05, 0.1) is 21.6 Å². The molecule has 2 heterocycles. The third kappa shape index (κ3) is 5.13. The smallest absolute Gasteiger partial charge is 0.267 e. The predicted octanol–water partition coefficient (Wildman–Crippen LogP) is 3.18. The number of aromatic nitrogens is 4. The Morgan fingerprint density at radius 3 is 2.57 bits per heavy atom. The first-order valence-electron chi connectivity index (χ1n) is 10.7. The van der Waals surface area contributed by atoms with E-state index in [1.54, 1.807) is 42.5 Å². The van der Waals surface area contributed by atoms with Gasteiger partial charge in [0.25, 0.3) is 5.56 Å². The molecule has 0 atom stereocenters. The number of rotatable bonds is 8. The van der Waals surface area contributed by atoms with Crippen LogP contribution < -0.4 is 28.1 Å². The fourth-order valence-corrected chi connectivity index (χ4v) is 4.08. The van der Waals surface area contributed by atoms with Crippen LogP contribution in [-0.2, 0) is 6.42 Å². The third-order valence-electron chi connectivity index (χ3n) is 5.32. The molecule has 7 N–H and O–H groups in total. The number of carbonyl (C=O) groups is 1. The molecule has 0 saturated heterocycles. The number of hydrogen-bond donors (Lipinski definition) is 4. The van der Waals surface area contributed by atoms with E-state index in [-0.39, 0.29) is 27.9 Å². The van der Waals surface area contributed by atoms with Gasteiger partial charge in [-0.2, -0.15) is 9.97 Å². The molecule has 0 radical (unpaired) electrons. The summed E-state index contributed by atoms with van der Waals surface area (Å²) in [4.78, 5) is 37.8. The van der Waals surface area contributed by atoms with Gasteiger partial charge in [0.1, 0.15) is 16.7 Å². The number of carbonyl (C=O) groups excluding carboxylic acids is 1. The van der Waals surface area contributed by atoms with Gasteiger partial charge >= 0.3 is 0 Å². The summed E-state index contributed by atoms with van der Waals surface area (Å²) in [5, 5.41) is 3.90. The van der Waals surface area contributed by atoms with Crippen LogP contribution in [-0.4, -0.2) is 32.0 Å². The van der Waals surface area contributed by atoms with Crippen molar-refractivity contribution in [1.82, 2.24) is 19.5 Å². The number of nitrogen functional groups attached to an aromatic ring is 2. The average molecular weight is 513 g/mol. The number of primary amides is 1. The molecule has 35 heavy (non-hydrogen) atoms. The standard InChI is InChI=1S/C23H22Cl2N8O2/c24-14-7-4-8-15-17(14)22(35)33(13-6-3-5-12(11-13)20(27)34)16(30-15)9-1-2-10-29-21-18(25)19(26)31-23(28)32-21/h3-8,11H,1-2,9-10H2,(H2,27,34)(H5,26,28,29,31,32). The van der Waals surface area contributed by atoms with Crippen LogP contribution in [0, 0.1) is 0 Å². The lowest BCUT2D eigenvalue weighted by Crippen LogP contribution is -2.25. The summed E-state index contributed by atoms with van der Waals surface area (Å²) in [5.41, 5.74) is 17.7. The second-order valence-corrected chi connectivity index (χ2v) is 8.52. The van der Waals surface area contributed by atoms with E-state index in [0.29, 0.717) is 59.1 Å². The van der Waals surface area contributed by atoms with E-state index >= 15 is 0 Å². The number of aryl methyl sites for hydroxylation is 1. The maximum absolute atomic E-state index is 13.5. The molecule has 4 aromatic rings. The van der Waals surface area contributed by atoms with E-state index in [9.17, 15) is 9.59 Å². The van der Waals surface area contributed by atoms with Gasteiger partial charge in [0.15, 0.2) is 5.82 Å². The molecular formula is C23H22Cl2N8O2. The van der Waals surface area contributed by atoms with Crippen LogP contribution in [0.1, 0.15) is 29.0 Å². The molecule has 180 valence electrons. The van der Waals surface area contributed by atoms with Gasteiger partial charge in [-0.25, -0.2) is 4.98 Å². The molecule has 1 amide bonds. The fourth-order valence-electron chi connectivity index (χ4n) is 3.68. The van der Waals surface area contributed by atoms with E-state index < -0.39 is 5.91 Å². The molecule has 0 aliphatic rings. The lowest BCUT2D eigenvalue weighted by Gasteiger charge is -2.15. The maximum Gasteiger partial charge on any atom is 0.267 e. The number of fused-ring (bicyclic) bond motifs is 1. The Bertz CT molecular complexity index is 1490. The molecule has 0 spiro atoms. The number of anilines is 3. The third-order valence-corrected chi connectivity index (χ3v) is 6.01. The van der Waals surface area contributed by atoms with Gasteiger partial charge in [0.2, 0.25) is 11.9 Å². The van der Waals surface area contributed by atoms with Crippen LogP contribution in [0.4, 0.5) is 17.6 Å². The summed E-state index contributed by atoms with van der Waals surface area (Å²) in [7, 11) is 0. The number of nitrogens with one attached hydrogen (secondary N) is 1. The van der Waals surface area contributed by atoms with E-state index in [0.717, 1.165) is 0 Å². The van der Waals surface area contributed by atoms with E-state index in [4.69, 9.17) is 45.4 Å². The Balaban J connectivity index is 1.61. The number of unbranched alkanes of at least 4 members (excludes halogenated alkanes) is 1. The quantitative estimate of drug-likeness (QED) is 0.261. The molecule has 2 aromatic heterocycles. The number of benzene rings is 2. The normalized spacial score (nSPS) is 11.0. The van der Waals surface area contributed by atoms with Crippen molar-refractivity contribution in [2.75, 3.05) is 23.3 Å². The lowest BCUT2D eigenvalue weighted by atomic mass is 10.1. The van der Waals surface area contributed by atoms with Crippen molar-refractivity contribution in [2.24, 2.45) is 5.73 Å². The fraction of sp³-hybridized carbons (Fsp3) is 0.174. The second-order valence-electron chi connectivity index (χ2n) is 7.73. The minimum Gasteiger partial charge on any atom is -0.382 e. The van der Waals surface area contributed by atoms with Crippen molar-refractivity contribution in [3.63, 3.8) is 0 Å². The zero-order valence-electron chi connectivity index (χ0n) is 18.5. The molecule has 4 rings (SSSR count). The predicted molar refractivity (Wildman–Crippen MR) is 138 cm³/mol. The first kappa shape index (κ1) is 24.2. The topological polar surface area (TPSA) is 168 Å². The van der Waals surface area contributed by atoms with Crippen molar-refractivity contribution >= 4 is 57.6 Å². The zero-order chi connectivity index (χ0) is 25.1. The molecule has 0 aliphatic heterocycles. The van der Waals surface area contributed by atoms with Crippen molar-refractivity contribution < 1.29 is 4.79 Å². The van der Waals surface area contributed by atoms with Crippen molar-refractivity contribution in [3.05, 3.63) is 74.3 Å². The summed E-state index contributed by atoms with van der Waals surface area (Å²) in [6, 6.07) is 11.6. The molecule has 12 heteroatoms. The van der Waals surface area contributed by atoms with Gasteiger partial charge in [-0.1, -0.05) is 35.3 Å². The Morgan fingerprint density at radius 1 is 1.03 bits per heavy atom. The number of hydrogen-bond acceptors (Lipinski definition) is 8. The largest absolute Gasteiger partial charge is 0.382 e. The highest BCUT2D eigenvalue weighted by Crippen LogP contribution is 2.25. The SMILES string of the molecule is NC(=O)c1cccc(-n2c(CCCCNc3nc(N)nc(N)c3Cl)nc3cccc(Cl)c3c2=O)c1. The highest BCUT2D eigenvalue weighted by atomic mass is 35.5. The minimum absolute atomic E-state index is 0.0237. The summed E-state index contributed by atoms with van der Waals surface area (Å²) in [5.74, 6) is 0.415. The average Bonchev–Trinajstić information content (AvgIpc) is 2.81.